The lowest BCUT2D eigenvalue weighted by Crippen LogP contribution is -2.33. The summed E-state index contributed by atoms with van der Waals surface area (Å²) in [6, 6.07) is 3.56. The largest absolute Gasteiger partial charge is 0.385 e. The fourth-order valence-electron chi connectivity index (χ4n) is 2.37. The monoisotopic (exact) mass is 305 g/mol. The van der Waals surface area contributed by atoms with Crippen molar-refractivity contribution >= 4 is 11.6 Å². The third-order valence-electron chi connectivity index (χ3n) is 3.55. The molecule has 0 aromatic carbocycles. The second-order valence-electron chi connectivity index (χ2n) is 5.21. The third-order valence-corrected chi connectivity index (χ3v) is 3.55. The van der Waals surface area contributed by atoms with Crippen LogP contribution in [0.5, 0.6) is 0 Å². The molecule has 0 radical (unpaired) electrons. The fraction of sp³-hybridized carbons (Fsp3) is 0.600. The Kier molecular flexibility index (Phi) is 6.27. The summed E-state index contributed by atoms with van der Waals surface area (Å²) >= 11 is 0. The zero-order valence-corrected chi connectivity index (χ0v) is 13.2. The maximum Gasteiger partial charge on any atom is 0.257 e. The van der Waals surface area contributed by atoms with Crippen LogP contribution in [-0.2, 0) is 4.74 Å². The van der Waals surface area contributed by atoms with E-state index in [-0.39, 0.29) is 5.91 Å². The van der Waals surface area contributed by atoms with E-state index in [0.717, 1.165) is 32.2 Å². The van der Waals surface area contributed by atoms with E-state index in [4.69, 9.17) is 4.74 Å². The molecule has 0 spiro atoms. The topological polar surface area (TPSA) is 72.6 Å². The molecule has 7 heteroatoms. The Morgan fingerprint density at radius 3 is 2.91 bits per heavy atom. The van der Waals surface area contributed by atoms with Crippen molar-refractivity contribution in [2.24, 2.45) is 0 Å². The maximum absolute atomic E-state index is 12.8. The van der Waals surface area contributed by atoms with Crippen LogP contribution in [0.3, 0.4) is 0 Å². The van der Waals surface area contributed by atoms with E-state index in [9.17, 15) is 4.79 Å². The van der Waals surface area contributed by atoms with E-state index in [1.165, 1.54) is 4.52 Å². The third kappa shape index (κ3) is 4.00. The van der Waals surface area contributed by atoms with Gasteiger partial charge in [-0.05, 0) is 35.4 Å². The summed E-state index contributed by atoms with van der Waals surface area (Å²) in [5.41, 5.74) is 1.04. The molecule has 1 amide bonds. The number of fused-ring (bicyclic) bond motifs is 1. The van der Waals surface area contributed by atoms with Crippen LogP contribution in [0.25, 0.3) is 5.65 Å². The van der Waals surface area contributed by atoms with Gasteiger partial charge in [-0.15, -0.1) is 5.10 Å². The molecule has 0 atom stereocenters. The Morgan fingerprint density at radius 2 is 2.14 bits per heavy atom. The number of nitrogens with zero attached hydrogens (tertiary/aromatic N) is 5. The van der Waals surface area contributed by atoms with Gasteiger partial charge in [0.15, 0.2) is 5.65 Å². The van der Waals surface area contributed by atoms with Crippen LogP contribution in [-0.4, -0.2) is 57.7 Å². The van der Waals surface area contributed by atoms with Crippen LogP contribution in [0.15, 0.2) is 18.3 Å². The zero-order chi connectivity index (χ0) is 15.8. The Hall–Kier alpha value is -2.02. The molecule has 0 aliphatic rings. The number of ether oxygens (including phenoxy) is 1. The summed E-state index contributed by atoms with van der Waals surface area (Å²) in [5.74, 6) is -0.0207. The van der Waals surface area contributed by atoms with E-state index >= 15 is 0 Å². The molecule has 0 saturated carbocycles. The van der Waals surface area contributed by atoms with Crippen molar-refractivity contribution in [3.63, 3.8) is 0 Å². The summed E-state index contributed by atoms with van der Waals surface area (Å²) in [6.07, 6.45) is 5.80. The van der Waals surface area contributed by atoms with Crippen LogP contribution in [0.4, 0.5) is 0 Å². The van der Waals surface area contributed by atoms with Crippen molar-refractivity contribution < 1.29 is 9.53 Å². The molecule has 0 fully saturated rings. The van der Waals surface area contributed by atoms with Crippen molar-refractivity contribution in [2.45, 2.75) is 32.6 Å². The SMILES string of the molecule is CCCCCN(CCCOC)C(=O)c1cccn2nnnc12. The van der Waals surface area contributed by atoms with Gasteiger partial charge in [0.2, 0.25) is 0 Å². The number of rotatable bonds is 9. The summed E-state index contributed by atoms with van der Waals surface area (Å²) in [4.78, 5) is 14.7. The van der Waals surface area contributed by atoms with E-state index in [2.05, 4.69) is 22.4 Å². The highest BCUT2D eigenvalue weighted by Gasteiger charge is 2.19. The Balaban J connectivity index is 2.14. The summed E-state index contributed by atoms with van der Waals surface area (Å²) in [5, 5.41) is 11.4. The Morgan fingerprint density at radius 1 is 1.32 bits per heavy atom. The number of amides is 1. The minimum absolute atomic E-state index is 0.0207. The first-order valence-electron chi connectivity index (χ1n) is 7.72. The molecular weight excluding hydrogens is 282 g/mol. The van der Waals surface area contributed by atoms with Crippen LogP contribution in [0.1, 0.15) is 43.0 Å². The first-order chi connectivity index (χ1) is 10.8. The maximum atomic E-state index is 12.8. The summed E-state index contributed by atoms with van der Waals surface area (Å²) in [7, 11) is 1.67. The van der Waals surface area contributed by atoms with Crippen molar-refractivity contribution in [2.75, 3.05) is 26.8 Å². The van der Waals surface area contributed by atoms with Crippen molar-refractivity contribution in [3.05, 3.63) is 23.9 Å². The number of carbonyl (C=O) groups excluding carboxylic acids is 1. The predicted molar refractivity (Wildman–Crippen MR) is 82.7 cm³/mol. The van der Waals surface area contributed by atoms with Crippen molar-refractivity contribution in [3.8, 4) is 0 Å². The Bertz CT molecular complexity index is 588. The van der Waals surface area contributed by atoms with Gasteiger partial charge in [-0.2, -0.15) is 4.52 Å². The predicted octanol–water partition coefficient (Wildman–Crippen LogP) is 1.79. The minimum Gasteiger partial charge on any atom is -0.385 e. The van der Waals surface area contributed by atoms with Crippen LogP contribution in [0, 0.1) is 0 Å². The van der Waals surface area contributed by atoms with Gasteiger partial charge in [0.25, 0.3) is 5.91 Å². The average Bonchev–Trinajstić information content (AvgIpc) is 3.01. The highest BCUT2D eigenvalue weighted by molar-refractivity contribution is 5.99. The lowest BCUT2D eigenvalue weighted by Gasteiger charge is -2.22. The van der Waals surface area contributed by atoms with E-state index in [0.29, 0.717) is 24.4 Å². The van der Waals surface area contributed by atoms with Crippen LogP contribution < -0.4 is 0 Å². The first kappa shape index (κ1) is 16.4. The quantitative estimate of drug-likeness (QED) is 0.660. The molecule has 2 aromatic heterocycles. The standard InChI is InChI=1S/C15H23N5O2/c1-3-4-5-9-19(10-7-12-22-2)15(21)13-8-6-11-20-14(13)16-17-18-20/h6,8,11H,3-5,7,9-10,12H2,1-2H3. The van der Waals surface area contributed by atoms with Crippen LogP contribution in [0.2, 0.25) is 0 Å². The lowest BCUT2D eigenvalue weighted by molar-refractivity contribution is 0.0735. The number of carbonyl (C=O) groups is 1. The Labute approximate surface area is 130 Å². The normalized spacial score (nSPS) is 11.0. The molecule has 0 unspecified atom stereocenters. The molecule has 2 aromatic rings. The molecule has 2 rings (SSSR count). The van der Waals surface area contributed by atoms with Gasteiger partial charge in [-0.25, -0.2) is 0 Å². The fourth-order valence-corrected chi connectivity index (χ4v) is 2.37. The smallest absolute Gasteiger partial charge is 0.257 e. The van der Waals surface area contributed by atoms with Crippen LogP contribution >= 0.6 is 0 Å². The highest BCUT2D eigenvalue weighted by Crippen LogP contribution is 2.12. The molecule has 0 bridgehead atoms. The van der Waals surface area contributed by atoms with E-state index in [1.54, 1.807) is 25.4 Å². The average molecular weight is 305 g/mol. The lowest BCUT2D eigenvalue weighted by atomic mass is 10.2. The van der Waals surface area contributed by atoms with Gasteiger partial charge in [0, 0.05) is 33.0 Å². The molecular formula is C15H23N5O2. The number of hydrogen-bond donors (Lipinski definition) is 0. The molecule has 0 aliphatic heterocycles. The van der Waals surface area contributed by atoms with Gasteiger partial charge in [0.05, 0.1) is 5.56 Å². The summed E-state index contributed by atoms with van der Waals surface area (Å²) in [6.45, 7) is 4.23. The van der Waals surface area contributed by atoms with Gasteiger partial charge in [-0.1, -0.05) is 19.8 Å². The number of pyridine rings is 1. The van der Waals surface area contributed by atoms with Gasteiger partial charge in [-0.3, -0.25) is 4.79 Å². The molecule has 22 heavy (non-hydrogen) atoms. The number of methoxy groups -OCH3 is 1. The van der Waals surface area contributed by atoms with E-state index < -0.39 is 0 Å². The molecule has 0 N–H and O–H groups in total. The number of unbranched alkanes of at least 4 members (excludes halogenated alkanes) is 2. The number of tetrazole rings is 1. The highest BCUT2D eigenvalue weighted by atomic mass is 16.5. The minimum atomic E-state index is -0.0207. The summed E-state index contributed by atoms with van der Waals surface area (Å²) < 4.78 is 6.61. The number of hydrogen-bond acceptors (Lipinski definition) is 5. The second kappa shape index (κ2) is 8.43. The van der Waals surface area contributed by atoms with Crippen molar-refractivity contribution in [1.29, 1.82) is 0 Å². The van der Waals surface area contributed by atoms with E-state index in [1.807, 2.05) is 4.90 Å². The van der Waals surface area contributed by atoms with Gasteiger partial charge < -0.3 is 9.64 Å². The second-order valence-corrected chi connectivity index (χ2v) is 5.21. The molecule has 7 nitrogen and oxygen atoms in total. The molecule has 0 aliphatic carbocycles. The first-order valence-corrected chi connectivity index (χ1v) is 7.72. The molecule has 2 heterocycles. The zero-order valence-electron chi connectivity index (χ0n) is 13.2. The molecule has 120 valence electrons. The number of aromatic nitrogens is 4. The van der Waals surface area contributed by atoms with Crippen molar-refractivity contribution in [1.82, 2.24) is 24.9 Å². The van der Waals surface area contributed by atoms with Gasteiger partial charge in [0.1, 0.15) is 0 Å². The van der Waals surface area contributed by atoms with Gasteiger partial charge >= 0.3 is 0 Å². The molecule has 0 saturated heterocycles.